The van der Waals surface area contributed by atoms with Crippen LogP contribution in [0, 0.1) is 0 Å². The van der Waals surface area contributed by atoms with E-state index in [-0.39, 0.29) is 42.1 Å². The van der Waals surface area contributed by atoms with Crippen molar-refractivity contribution in [2.24, 2.45) is 11.5 Å². The minimum absolute atomic E-state index is 0.0750. The van der Waals surface area contributed by atoms with Gasteiger partial charge in [-0.15, -0.1) is 0 Å². The molecule has 12 N–H and O–H groups in total. The lowest BCUT2D eigenvalue weighted by Crippen LogP contribution is -2.49. The van der Waals surface area contributed by atoms with E-state index in [4.69, 9.17) is 11.5 Å². The standard InChI is InChI=1S/C20H29N3O7/c21-5-3-11-1-2-14(27)18(29)16(11)13-7-15(28)19(30)17(12(13)4-6-22)23-20(8-24,9-25)10-26/h1-2,7,23-30H,3-6,8-10,21-22H2. The molecule has 0 saturated heterocycles. The largest absolute Gasteiger partial charge is 0.504 e. The zero-order chi connectivity index (χ0) is 22.5. The van der Waals surface area contributed by atoms with E-state index in [0.717, 1.165) is 0 Å². The van der Waals surface area contributed by atoms with Crippen molar-refractivity contribution in [2.75, 3.05) is 38.2 Å². The molecule has 0 aromatic heterocycles. The normalized spacial score (nSPS) is 11.6. The van der Waals surface area contributed by atoms with Gasteiger partial charge in [0.1, 0.15) is 5.54 Å². The van der Waals surface area contributed by atoms with Gasteiger partial charge in [0.15, 0.2) is 23.0 Å². The molecule has 0 atom stereocenters. The number of phenols is 4. The summed E-state index contributed by atoms with van der Waals surface area (Å²) in [6, 6.07) is 4.12. The quantitative estimate of drug-likeness (QED) is 0.218. The van der Waals surface area contributed by atoms with Crippen LogP contribution in [0.25, 0.3) is 11.1 Å². The molecule has 2 aromatic rings. The van der Waals surface area contributed by atoms with Crippen molar-refractivity contribution in [3.8, 4) is 34.1 Å². The summed E-state index contributed by atoms with van der Waals surface area (Å²) in [4.78, 5) is 0. The maximum Gasteiger partial charge on any atom is 0.181 e. The lowest BCUT2D eigenvalue weighted by atomic mass is 9.89. The number of benzene rings is 2. The SMILES string of the molecule is NCCc1ccc(O)c(O)c1-c1cc(O)c(O)c(NC(CO)(CO)CO)c1CCN. The Labute approximate surface area is 173 Å². The van der Waals surface area contributed by atoms with Gasteiger partial charge in [-0.1, -0.05) is 6.07 Å². The van der Waals surface area contributed by atoms with Gasteiger partial charge in [0, 0.05) is 5.56 Å². The van der Waals surface area contributed by atoms with Crippen molar-refractivity contribution in [2.45, 2.75) is 18.4 Å². The molecular weight excluding hydrogens is 394 g/mol. The molecule has 30 heavy (non-hydrogen) atoms. The van der Waals surface area contributed by atoms with E-state index in [1.807, 2.05) is 0 Å². The summed E-state index contributed by atoms with van der Waals surface area (Å²) < 4.78 is 0. The highest BCUT2D eigenvalue weighted by Gasteiger charge is 2.32. The summed E-state index contributed by atoms with van der Waals surface area (Å²) in [5.41, 5.74) is 11.1. The zero-order valence-electron chi connectivity index (χ0n) is 16.5. The molecule has 2 rings (SSSR count). The van der Waals surface area contributed by atoms with E-state index in [0.29, 0.717) is 17.5 Å². The third kappa shape index (κ3) is 4.37. The van der Waals surface area contributed by atoms with Gasteiger partial charge < -0.3 is 52.5 Å². The van der Waals surface area contributed by atoms with Crippen LogP contribution in [0.5, 0.6) is 23.0 Å². The minimum atomic E-state index is -1.60. The molecule has 0 fully saturated rings. The minimum Gasteiger partial charge on any atom is -0.504 e. The van der Waals surface area contributed by atoms with E-state index in [9.17, 15) is 35.7 Å². The number of aliphatic hydroxyl groups is 3. The molecular formula is C20H29N3O7. The van der Waals surface area contributed by atoms with Gasteiger partial charge in [0.2, 0.25) is 0 Å². The lowest BCUT2D eigenvalue weighted by molar-refractivity contribution is 0.0831. The number of phenolic OH excluding ortho intramolecular Hbond substituents is 4. The third-order valence-electron chi connectivity index (χ3n) is 5.01. The highest BCUT2D eigenvalue weighted by Crippen LogP contribution is 2.48. The monoisotopic (exact) mass is 423 g/mol. The molecule has 0 aliphatic heterocycles. The molecule has 0 amide bonds. The average Bonchev–Trinajstić information content (AvgIpc) is 2.74. The molecule has 0 aliphatic rings. The second-order valence-corrected chi connectivity index (χ2v) is 7.07. The number of aromatic hydroxyl groups is 4. The second-order valence-electron chi connectivity index (χ2n) is 7.07. The van der Waals surface area contributed by atoms with Gasteiger partial charge in [0.25, 0.3) is 0 Å². The van der Waals surface area contributed by atoms with Crippen LogP contribution in [-0.2, 0) is 12.8 Å². The van der Waals surface area contributed by atoms with E-state index in [1.165, 1.54) is 12.1 Å². The van der Waals surface area contributed by atoms with Crippen LogP contribution in [0.3, 0.4) is 0 Å². The van der Waals surface area contributed by atoms with Crippen molar-refractivity contribution >= 4 is 5.69 Å². The predicted octanol–water partition coefficient (Wildman–Crippen LogP) is -0.694. The molecule has 0 aliphatic carbocycles. The molecule has 10 nitrogen and oxygen atoms in total. The van der Waals surface area contributed by atoms with Gasteiger partial charge in [-0.25, -0.2) is 0 Å². The van der Waals surface area contributed by atoms with Crippen LogP contribution < -0.4 is 16.8 Å². The summed E-state index contributed by atoms with van der Waals surface area (Å²) in [7, 11) is 0. The first-order valence-corrected chi connectivity index (χ1v) is 9.42. The first-order chi connectivity index (χ1) is 14.3. The Morgan fingerprint density at radius 3 is 1.93 bits per heavy atom. The molecule has 0 heterocycles. The Hall–Kier alpha value is -2.76. The number of hydrogen-bond acceptors (Lipinski definition) is 10. The number of hydrogen-bond donors (Lipinski definition) is 10. The van der Waals surface area contributed by atoms with Crippen LogP contribution in [0.1, 0.15) is 11.1 Å². The number of anilines is 1. The van der Waals surface area contributed by atoms with Crippen molar-refractivity contribution in [3.05, 3.63) is 29.3 Å². The van der Waals surface area contributed by atoms with Crippen LogP contribution in [-0.4, -0.2) is 74.2 Å². The van der Waals surface area contributed by atoms with E-state index in [1.54, 1.807) is 6.07 Å². The topological polar surface area (TPSA) is 206 Å². The summed E-state index contributed by atoms with van der Waals surface area (Å²) >= 11 is 0. The smallest absolute Gasteiger partial charge is 0.181 e. The lowest BCUT2D eigenvalue weighted by Gasteiger charge is -2.32. The van der Waals surface area contributed by atoms with Gasteiger partial charge in [-0.2, -0.15) is 0 Å². The van der Waals surface area contributed by atoms with Crippen LogP contribution in [0.2, 0.25) is 0 Å². The summed E-state index contributed by atoms with van der Waals surface area (Å²) in [5, 5.41) is 73.1. The zero-order valence-corrected chi connectivity index (χ0v) is 16.5. The van der Waals surface area contributed by atoms with Crippen LogP contribution >= 0.6 is 0 Å². The van der Waals surface area contributed by atoms with Crippen LogP contribution in [0.15, 0.2) is 18.2 Å². The van der Waals surface area contributed by atoms with Gasteiger partial charge in [-0.3, -0.25) is 0 Å². The fraction of sp³-hybridized carbons (Fsp3) is 0.400. The Kier molecular flexibility index (Phi) is 7.71. The number of nitrogens with two attached hydrogens (primary N) is 2. The molecule has 0 spiro atoms. The predicted molar refractivity (Wildman–Crippen MR) is 112 cm³/mol. The van der Waals surface area contributed by atoms with Crippen LogP contribution in [0.4, 0.5) is 5.69 Å². The summed E-state index contributed by atoms with van der Waals surface area (Å²) in [6.45, 7) is -1.67. The molecule has 0 radical (unpaired) electrons. The Bertz CT molecular complexity index is 877. The maximum absolute atomic E-state index is 10.6. The van der Waals surface area contributed by atoms with E-state index >= 15 is 0 Å². The average molecular weight is 423 g/mol. The molecule has 0 bridgehead atoms. The van der Waals surface area contributed by atoms with E-state index in [2.05, 4.69) is 5.32 Å². The number of nitrogens with one attached hydrogen (secondary N) is 1. The van der Waals surface area contributed by atoms with Crippen molar-refractivity contribution < 1.29 is 35.7 Å². The Morgan fingerprint density at radius 1 is 0.800 bits per heavy atom. The highest BCUT2D eigenvalue weighted by atomic mass is 16.3. The fourth-order valence-corrected chi connectivity index (χ4v) is 3.28. The van der Waals surface area contributed by atoms with Gasteiger partial charge >= 0.3 is 0 Å². The van der Waals surface area contributed by atoms with Gasteiger partial charge in [0.05, 0.1) is 25.5 Å². The molecule has 10 heteroatoms. The van der Waals surface area contributed by atoms with Crippen molar-refractivity contribution in [3.63, 3.8) is 0 Å². The first kappa shape index (κ1) is 23.5. The molecule has 2 aromatic carbocycles. The molecule has 0 unspecified atom stereocenters. The molecule has 0 saturated carbocycles. The first-order valence-electron chi connectivity index (χ1n) is 9.42. The summed E-state index contributed by atoms with van der Waals surface area (Å²) in [6.07, 6.45) is 0.504. The van der Waals surface area contributed by atoms with Crippen molar-refractivity contribution in [1.29, 1.82) is 0 Å². The number of aliphatic hydroxyl groups excluding tert-OH is 3. The number of rotatable bonds is 10. The highest BCUT2D eigenvalue weighted by molar-refractivity contribution is 5.86. The summed E-state index contributed by atoms with van der Waals surface area (Å²) in [5.74, 6) is -1.96. The molecule has 166 valence electrons. The van der Waals surface area contributed by atoms with Gasteiger partial charge in [-0.05, 0) is 54.8 Å². The maximum atomic E-state index is 10.6. The fourth-order valence-electron chi connectivity index (χ4n) is 3.28. The van der Waals surface area contributed by atoms with E-state index < -0.39 is 42.6 Å². The Morgan fingerprint density at radius 2 is 1.40 bits per heavy atom. The van der Waals surface area contributed by atoms with Crippen molar-refractivity contribution in [1.82, 2.24) is 0 Å². The second kappa shape index (κ2) is 9.83. The third-order valence-corrected chi connectivity index (χ3v) is 5.01. The Balaban J connectivity index is 2.86.